The number of phenolic OH excluding ortho intramolecular Hbond substituents is 2. The summed E-state index contributed by atoms with van der Waals surface area (Å²) < 4.78 is 39.6. The molecule has 0 fully saturated rings. The predicted octanol–water partition coefficient (Wildman–Crippen LogP) is 9.75. The van der Waals surface area contributed by atoms with Crippen LogP contribution in [0.2, 0.25) is 0 Å². The Kier molecular flexibility index (Phi) is 9.21. The Hall–Kier alpha value is -5.62. The zero-order valence-corrected chi connectivity index (χ0v) is 24.2. The Balaban J connectivity index is 0.000000175. The Morgan fingerprint density at radius 1 is 0.455 bits per heavy atom. The van der Waals surface area contributed by atoms with Crippen molar-refractivity contribution in [1.29, 1.82) is 0 Å². The van der Waals surface area contributed by atoms with Crippen molar-refractivity contribution >= 4 is 0 Å². The highest BCUT2D eigenvalue weighted by molar-refractivity contribution is 5.77. The van der Waals surface area contributed by atoms with Gasteiger partial charge in [-0.25, -0.2) is 8.78 Å². The van der Waals surface area contributed by atoms with E-state index in [1.54, 1.807) is 56.7 Å². The van der Waals surface area contributed by atoms with E-state index in [4.69, 9.17) is 9.47 Å². The van der Waals surface area contributed by atoms with E-state index in [2.05, 4.69) is 0 Å². The van der Waals surface area contributed by atoms with Gasteiger partial charge in [0.15, 0.2) is 0 Å². The molecule has 6 aromatic carbocycles. The number of methoxy groups -OCH3 is 2. The summed E-state index contributed by atoms with van der Waals surface area (Å²) in [6.45, 7) is 0. The highest BCUT2D eigenvalue weighted by atomic mass is 19.1. The van der Waals surface area contributed by atoms with Crippen LogP contribution in [0.5, 0.6) is 23.0 Å². The van der Waals surface area contributed by atoms with Gasteiger partial charge in [-0.3, -0.25) is 0 Å². The first-order valence-corrected chi connectivity index (χ1v) is 13.8. The van der Waals surface area contributed by atoms with Gasteiger partial charge in [0.25, 0.3) is 0 Å². The quantitative estimate of drug-likeness (QED) is 0.190. The second-order valence-corrected chi connectivity index (χ2v) is 9.89. The number of hydrogen-bond acceptors (Lipinski definition) is 4. The van der Waals surface area contributed by atoms with Crippen LogP contribution in [-0.2, 0) is 0 Å². The van der Waals surface area contributed by atoms with Crippen molar-refractivity contribution in [2.45, 2.75) is 0 Å². The highest BCUT2D eigenvalue weighted by Crippen LogP contribution is 2.37. The number of halogens is 2. The third-order valence-corrected chi connectivity index (χ3v) is 7.12. The lowest BCUT2D eigenvalue weighted by Gasteiger charge is -2.12. The molecule has 44 heavy (non-hydrogen) atoms. The van der Waals surface area contributed by atoms with Crippen LogP contribution in [0.15, 0.2) is 133 Å². The topological polar surface area (TPSA) is 58.9 Å². The van der Waals surface area contributed by atoms with Crippen molar-refractivity contribution in [3.8, 4) is 67.5 Å². The third kappa shape index (κ3) is 6.71. The second kappa shape index (κ2) is 13.6. The Morgan fingerprint density at radius 2 is 1.00 bits per heavy atom. The van der Waals surface area contributed by atoms with Crippen LogP contribution in [-0.4, -0.2) is 24.4 Å². The minimum atomic E-state index is -0.447. The summed E-state index contributed by atoms with van der Waals surface area (Å²) in [5.74, 6) is 0.438. The Morgan fingerprint density at radius 3 is 1.50 bits per heavy atom. The molecule has 0 aliphatic heterocycles. The number of ether oxygens (including phenoxy) is 2. The maximum absolute atomic E-state index is 14.7. The van der Waals surface area contributed by atoms with Gasteiger partial charge in [0.05, 0.1) is 14.2 Å². The molecule has 6 rings (SSSR count). The van der Waals surface area contributed by atoms with Crippen molar-refractivity contribution in [3.63, 3.8) is 0 Å². The van der Waals surface area contributed by atoms with E-state index in [9.17, 15) is 19.0 Å². The van der Waals surface area contributed by atoms with Crippen molar-refractivity contribution < 1.29 is 28.5 Å². The molecule has 0 saturated heterocycles. The normalized spacial score (nSPS) is 10.5. The molecule has 6 aromatic rings. The molecule has 0 saturated carbocycles. The number of phenols is 2. The minimum Gasteiger partial charge on any atom is -0.508 e. The molecule has 0 spiro atoms. The fraction of sp³-hybridized carbons (Fsp3) is 0.0526. The average molecular weight is 589 g/mol. The van der Waals surface area contributed by atoms with Crippen molar-refractivity contribution in [3.05, 3.63) is 145 Å². The SMILES string of the molecule is COc1ccc(OC)c(-c2ccc(-c3ccccc3)cc2F)c1.Oc1ccc(O)c(-c2ccc(-c3ccccc3)cc2F)c1. The molecule has 0 aliphatic carbocycles. The predicted molar refractivity (Wildman–Crippen MR) is 171 cm³/mol. The van der Waals surface area contributed by atoms with Gasteiger partial charge in [-0.05, 0) is 70.8 Å². The van der Waals surface area contributed by atoms with Crippen LogP contribution >= 0.6 is 0 Å². The fourth-order valence-electron chi connectivity index (χ4n) is 4.85. The van der Waals surface area contributed by atoms with Crippen LogP contribution in [0.25, 0.3) is 44.5 Å². The molecule has 0 aliphatic rings. The van der Waals surface area contributed by atoms with Crippen molar-refractivity contribution in [2.24, 2.45) is 0 Å². The van der Waals surface area contributed by atoms with Gasteiger partial charge < -0.3 is 19.7 Å². The van der Waals surface area contributed by atoms with Crippen LogP contribution in [0.1, 0.15) is 0 Å². The summed E-state index contributed by atoms with van der Waals surface area (Å²) in [7, 11) is 3.15. The van der Waals surface area contributed by atoms with E-state index in [0.29, 0.717) is 22.6 Å². The molecular weight excluding hydrogens is 558 g/mol. The second-order valence-electron chi connectivity index (χ2n) is 9.89. The van der Waals surface area contributed by atoms with Crippen LogP contribution in [0.4, 0.5) is 8.78 Å². The number of benzene rings is 6. The fourth-order valence-corrected chi connectivity index (χ4v) is 4.85. The molecule has 0 bridgehead atoms. The largest absolute Gasteiger partial charge is 0.508 e. The molecule has 0 radical (unpaired) electrons. The molecule has 0 heterocycles. The summed E-state index contributed by atoms with van der Waals surface area (Å²) in [5.41, 5.74) is 5.18. The monoisotopic (exact) mass is 588 g/mol. The maximum atomic E-state index is 14.7. The zero-order chi connectivity index (χ0) is 31.1. The lowest BCUT2D eigenvalue weighted by molar-refractivity contribution is 0.404. The number of aromatic hydroxyl groups is 2. The lowest BCUT2D eigenvalue weighted by Crippen LogP contribution is -1.93. The van der Waals surface area contributed by atoms with E-state index in [-0.39, 0.29) is 28.4 Å². The standard InChI is InChI=1S/C20H17FO2.C18H13FO2/c1-22-16-9-11-20(23-2)18(13-16)17-10-8-15(12-19(17)21)14-6-4-3-5-7-14;19-17-10-13(12-4-2-1-3-5-12)6-8-15(17)16-11-14(20)7-9-18(16)21/h3-13H,1-2H3;1-11,20-21H. The first kappa shape index (κ1) is 29.9. The smallest absolute Gasteiger partial charge is 0.131 e. The first-order valence-electron chi connectivity index (χ1n) is 13.8. The molecule has 4 nitrogen and oxygen atoms in total. The van der Waals surface area contributed by atoms with Gasteiger partial charge >= 0.3 is 0 Å². The van der Waals surface area contributed by atoms with Gasteiger partial charge in [0, 0.05) is 22.3 Å². The van der Waals surface area contributed by atoms with Crippen molar-refractivity contribution in [2.75, 3.05) is 14.2 Å². The van der Waals surface area contributed by atoms with E-state index in [0.717, 1.165) is 22.3 Å². The van der Waals surface area contributed by atoms with Crippen LogP contribution in [0.3, 0.4) is 0 Å². The van der Waals surface area contributed by atoms with Gasteiger partial charge in [-0.15, -0.1) is 0 Å². The molecular formula is C38H30F2O4. The molecule has 220 valence electrons. The van der Waals surface area contributed by atoms with E-state index >= 15 is 0 Å². The van der Waals surface area contributed by atoms with Crippen LogP contribution < -0.4 is 9.47 Å². The summed E-state index contributed by atoms with van der Waals surface area (Å²) >= 11 is 0. The lowest BCUT2D eigenvalue weighted by atomic mass is 9.99. The first-order chi connectivity index (χ1) is 21.4. The van der Waals surface area contributed by atoms with Crippen molar-refractivity contribution in [1.82, 2.24) is 0 Å². The summed E-state index contributed by atoms with van der Waals surface area (Å²) in [6.07, 6.45) is 0. The zero-order valence-electron chi connectivity index (χ0n) is 24.2. The summed E-state index contributed by atoms with van der Waals surface area (Å²) in [4.78, 5) is 0. The third-order valence-electron chi connectivity index (χ3n) is 7.12. The number of hydrogen-bond donors (Lipinski definition) is 2. The Labute approximate surface area is 255 Å². The minimum absolute atomic E-state index is 0.0191. The molecule has 0 atom stereocenters. The van der Waals surface area contributed by atoms with Gasteiger partial charge in [-0.1, -0.05) is 84.9 Å². The van der Waals surface area contributed by atoms with E-state index in [1.165, 1.54) is 24.3 Å². The van der Waals surface area contributed by atoms with E-state index < -0.39 is 5.82 Å². The van der Waals surface area contributed by atoms with Gasteiger partial charge in [0.2, 0.25) is 0 Å². The highest BCUT2D eigenvalue weighted by Gasteiger charge is 2.14. The Bertz CT molecular complexity index is 1870. The van der Waals surface area contributed by atoms with Gasteiger partial charge in [0.1, 0.15) is 34.6 Å². The number of rotatable bonds is 6. The molecule has 0 unspecified atom stereocenters. The van der Waals surface area contributed by atoms with E-state index in [1.807, 2.05) is 66.7 Å². The molecule has 6 heteroatoms. The molecule has 2 N–H and O–H groups in total. The maximum Gasteiger partial charge on any atom is 0.131 e. The molecule has 0 aromatic heterocycles. The van der Waals surface area contributed by atoms with Crippen LogP contribution in [0, 0.1) is 11.6 Å². The summed E-state index contributed by atoms with van der Waals surface area (Å²) in [6, 6.07) is 38.7. The summed E-state index contributed by atoms with van der Waals surface area (Å²) in [5, 5.41) is 19.3. The average Bonchev–Trinajstić information content (AvgIpc) is 3.06. The molecule has 0 amide bonds. The van der Waals surface area contributed by atoms with Gasteiger partial charge in [-0.2, -0.15) is 0 Å².